The first kappa shape index (κ1) is 21.1. The zero-order chi connectivity index (χ0) is 20.5. The molecule has 0 spiro atoms. The van der Waals surface area contributed by atoms with E-state index in [1.807, 2.05) is 37.3 Å². The van der Waals surface area contributed by atoms with Crippen LogP contribution in [-0.4, -0.2) is 35.7 Å². The molecule has 1 amide bonds. The lowest BCUT2D eigenvalue weighted by Crippen LogP contribution is -2.26. The first-order chi connectivity index (χ1) is 14.2. The molecule has 0 bridgehead atoms. The number of amides is 1. The molecule has 0 aliphatic carbocycles. The maximum Gasteiger partial charge on any atom is 0.224 e. The number of ether oxygens (including phenoxy) is 1. The molecule has 5 heteroatoms. The number of aryl methyl sites for hydroxylation is 2. The molecular weight excluding hydrogens is 362 g/mol. The van der Waals surface area contributed by atoms with Gasteiger partial charge < -0.3 is 14.6 Å². The Hall–Kier alpha value is -2.66. The number of hydrogen-bond acceptors (Lipinski definition) is 3. The fourth-order valence-electron chi connectivity index (χ4n) is 3.60. The molecule has 0 radical (unpaired) electrons. The zero-order valence-electron chi connectivity index (χ0n) is 17.5. The minimum atomic E-state index is 0.0978. The van der Waals surface area contributed by atoms with Crippen molar-refractivity contribution in [2.45, 2.75) is 45.6 Å². The molecule has 5 nitrogen and oxygen atoms in total. The van der Waals surface area contributed by atoms with E-state index >= 15 is 0 Å². The Kier molecular flexibility index (Phi) is 7.82. The lowest BCUT2D eigenvalue weighted by molar-refractivity contribution is -0.120. The molecular formula is C24H31N3O2. The summed E-state index contributed by atoms with van der Waals surface area (Å²) >= 11 is 0. The van der Waals surface area contributed by atoms with Gasteiger partial charge in [0.25, 0.3) is 0 Å². The molecule has 1 N–H and O–H groups in total. The van der Waals surface area contributed by atoms with Crippen molar-refractivity contribution in [1.29, 1.82) is 0 Å². The third-order valence-electron chi connectivity index (χ3n) is 5.26. The Labute approximate surface area is 173 Å². The summed E-state index contributed by atoms with van der Waals surface area (Å²) in [5.74, 6) is 1.22. The summed E-state index contributed by atoms with van der Waals surface area (Å²) in [6, 6.07) is 16.3. The predicted octanol–water partition coefficient (Wildman–Crippen LogP) is 4.06. The van der Waals surface area contributed by atoms with Gasteiger partial charge in [-0.15, -0.1) is 0 Å². The highest BCUT2D eigenvalue weighted by atomic mass is 16.5. The number of benzene rings is 2. The van der Waals surface area contributed by atoms with Gasteiger partial charge in [-0.2, -0.15) is 0 Å². The fraction of sp³-hybridized carbons (Fsp3) is 0.417. The van der Waals surface area contributed by atoms with E-state index in [-0.39, 0.29) is 5.91 Å². The van der Waals surface area contributed by atoms with Crippen molar-refractivity contribution < 1.29 is 9.53 Å². The van der Waals surface area contributed by atoms with Gasteiger partial charge in [-0.1, -0.05) is 42.8 Å². The number of para-hydroxylation sites is 2. The van der Waals surface area contributed by atoms with Crippen molar-refractivity contribution in [3.05, 3.63) is 65.5 Å². The van der Waals surface area contributed by atoms with Gasteiger partial charge in [0.05, 0.1) is 24.1 Å². The van der Waals surface area contributed by atoms with Gasteiger partial charge in [0.15, 0.2) is 0 Å². The van der Waals surface area contributed by atoms with E-state index in [0.29, 0.717) is 13.0 Å². The van der Waals surface area contributed by atoms with Crippen LogP contribution < -0.4 is 5.32 Å². The predicted molar refractivity (Wildman–Crippen MR) is 117 cm³/mol. The molecule has 29 heavy (non-hydrogen) atoms. The first-order valence-corrected chi connectivity index (χ1v) is 10.4. The number of nitrogens with one attached hydrogen (secondary N) is 1. The largest absolute Gasteiger partial charge is 0.383 e. The van der Waals surface area contributed by atoms with Crippen LogP contribution in [0.2, 0.25) is 0 Å². The van der Waals surface area contributed by atoms with Gasteiger partial charge in [0.2, 0.25) is 5.91 Å². The quantitative estimate of drug-likeness (QED) is 0.500. The smallest absolute Gasteiger partial charge is 0.224 e. The monoisotopic (exact) mass is 393 g/mol. The number of hydrogen-bond donors (Lipinski definition) is 1. The number of carbonyl (C=O) groups is 1. The molecule has 3 aromatic rings. The molecule has 0 aliphatic heterocycles. The van der Waals surface area contributed by atoms with Gasteiger partial charge in [-0.05, 0) is 43.0 Å². The SMILES string of the molecule is COCCn1c(CCCCCNC(=O)Cc2ccccc2C)nc2ccccc21. The van der Waals surface area contributed by atoms with Crippen LogP contribution in [0.15, 0.2) is 48.5 Å². The minimum absolute atomic E-state index is 0.0978. The Morgan fingerprint density at radius 1 is 1.07 bits per heavy atom. The number of nitrogens with zero attached hydrogens (tertiary/aromatic N) is 2. The standard InChI is InChI=1S/C24H31N3O2/c1-19-10-5-6-11-20(19)18-24(28)25-15-9-3-4-14-23-26-21-12-7-8-13-22(21)27(23)16-17-29-2/h5-8,10-13H,3-4,9,14-18H2,1-2H3,(H,25,28). The van der Waals surface area contributed by atoms with Crippen molar-refractivity contribution in [1.82, 2.24) is 14.9 Å². The van der Waals surface area contributed by atoms with Crippen LogP contribution in [0.3, 0.4) is 0 Å². The van der Waals surface area contributed by atoms with Gasteiger partial charge in [0.1, 0.15) is 5.82 Å². The van der Waals surface area contributed by atoms with Crippen molar-refractivity contribution in [2.75, 3.05) is 20.3 Å². The van der Waals surface area contributed by atoms with E-state index < -0.39 is 0 Å². The van der Waals surface area contributed by atoms with E-state index in [1.54, 1.807) is 7.11 Å². The van der Waals surface area contributed by atoms with Crippen LogP contribution in [0.25, 0.3) is 11.0 Å². The molecule has 0 unspecified atom stereocenters. The molecule has 1 heterocycles. The Balaban J connectivity index is 1.41. The third kappa shape index (κ3) is 5.91. The number of imidazole rings is 1. The Morgan fingerprint density at radius 3 is 2.69 bits per heavy atom. The second kappa shape index (κ2) is 10.8. The molecule has 0 atom stereocenters. The Morgan fingerprint density at radius 2 is 1.86 bits per heavy atom. The number of fused-ring (bicyclic) bond motifs is 1. The molecule has 154 valence electrons. The zero-order valence-corrected chi connectivity index (χ0v) is 17.5. The maximum atomic E-state index is 12.1. The summed E-state index contributed by atoms with van der Waals surface area (Å²) in [4.78, 5) is 16.9. The topological polar surface area (TPSA) is 56.1 Å². The van der Waals surface area contributed by atoms with Crippen LogP contribution in [0.4, 0.5) is 0 Å². The summed E-state index contributed by atoms with van der Waals surface area (Å²) < 4.78 is 7.53. The number of methoxy groups -OCH3 is 1. The minimum Gasteiger partial charge on any atom is -0.383 e. The van der Waals surface area contributed by atoms with Crippen LogP contribution in [0, 0.1) is 6.92 Å². The lowest BCUT2D eigenvalue weighted by atomic mass is 10.1. The molecule has 1 aromatic heterocycles. The molecule has 3 rings (SSSR count). The second-order valence-corrected chi connectivity index (χ2v) is 7.43. The number of unbranched alkanes of at least 4 members (excludes halogenated alkanes) is 2. The molecule has 0 aliphatic rings. The van der Waals surface area contributed by atoms with Gasteiger partial charge in [-0.25, -0.2) is 4.98 Å². The first-order valence-electron chi connectivity index (χ1n) is 10.4. The highest BCUT2D eigenvalue weighted by molar-refractivity contribution is 5.78. The van der Waals surface area contributed by atoms with E-state index in [2.05, 4.69) is 28.1 Å². The number of carbonyl (C=O) groups excluding carboxylic acids is 1. The normalized spacial score (nSPS) is 11.1. The summed E-state index contributed by atoms with van der Waals surface area (Å²) in [5.41, 5.74) is 4.48. The van der Waals surface area contributed by atoms with E-state index in [4.69, 9.17) is 9.72 Å². The van der Waals surface area contributed by atoms with Crippen LogP contribution in [0.5, 0.6) is 0 Å². The second-order valence-electron chi connectivity index (χ2n) is 7.43. The highest BCUT2D eigenvalue weighted by Gasteiger charge is 2.10. The number of aromatic nitrogens is 2. The van der Waals surface area contributed by atoms with Crippen molar-refractivity contribution in [3.8, 4) is 0 Å². The fourth-order valence-corrected chi connectivity index (χ4v) is 3.60. The molecule has 0 saturated heterocycles. The average Bonchev–Trinajstić information content (AvgIpc) is 3.08. The lowest BCUT2D eigenvalue weighted by Gasteiger charge is -2.09. The molecule has 0 saturated carbocycles. The van der Waals surface area contributed by atoms with E-state index in [9.17, 15) is 4.79 Å². The van der Waals surface area contributed by atoms with Crippen LogP contribution >= 0.6 is 0 Å². The van der Waals surface area contributed by atoms with Crippen LogP contribution in [-0.2, 0) is 28.9 Å². The third-order valence-corrected chi connectivity index (χ3v) is 5.26. The average molecular weight is 394 g/mol. The molecule has 2 aromatic carbocycles. The maximum absolute atomic E-state index is 12.1. The van der Waals surface area contributed by atoms with Crippen molar-refractivity contribution >= 4 is 16.9 Å². The summed E-state index contributed by atoms with van der Waals surface area (Å²) in [6.45, 7) is 4.27. The molecule has 0 fully saturated rings. The highest BCUT2D eigenvalue weighted by Crippen LogP contribution is 2.17. The summed E-state index contributed by atoms with van der Waals surface area (Å²) in [7, 11) is 1.73. The summed E-state index contributed by atoms with van der Waals surface area (Å²) in [6.07, 6.45) is 4.51. The van der Waals surface area contributed by atoms with Crippen molar-refractivity contribution in [2.24, 2.45) is 0 Å². The van der Waals surface area contributed by atoms with Gasteiger partial charge in [-0.3, -0.25) is 4.79 Å². The van der Waals surface area contributed by atoms with E-state index in [0.717, 1.165) is 55.7 Å². The summed E-state index contributed by atoms with van der Waals surface area (Å²) in [5, 5.41) is 3.04. The number of rotatable bonds is 11. The Bertz CT molecular complexity index is 933. The van der Waals surface area contributed by atoms with Gasteiger partial charge >= 0.3 is 0 Å². The van der Waals surface area contributed by atoms with Gasteiger partial charge in [0, 0.05) is 26.6 Å². The van der Waals surface area contributed by atoms with Crippen LogP contribution in [0.1, 0.15) is 36.2 Å². The van der Waals surface area contributed by atoms with E-state index in [1.165, 1.54) is 11.1 Å². The van der Waals surface area contributed by atoms with Crippen molar-refractivity contribution in [3.63, 3.8) is 0 Å².